The van der Waals surface area contributed by atoms with Crippen LogP contribution in [-0.2, 0) is 26.6 Å². The van der Waals surface area contributed by atoms with E-state index in [1.807, 2.05) is 0 Å². The second-order valence-corrected chi connectivity index (χ2v) is 10.4. The van der Waals surface area contributed by atoms with Crippen molar-refractivity contribution in [3.8, 4) is 11.1 Å². The third-order valence-corrected chi connectivity index (χ3v) is 7.58. The number of aromatic nitrogens is 2. The van der Waals surface area contributed by atoms with Crippen LogP contribution >= 0.6 is 0 Å². The lowest BCUT2D eigenvalue weighted by Gasteiger charge is -2.17. The first-order chi connectivity index (χ1) is 15.7. The average molecular weight is 491 g/mol. The molecule has 0 spiro atoms. The molecule has 0 amide bonds. The molecule has 4 rings (SSSR count). The number of imidazole rings is 1. The van der Waals surface area contributed by atoms with Crippen molar-refractivity contribution in [3.05, 3.63) is 41.7 Å². The summed E-state index contributed by atoms with van der Waals surface area (Å²) in [5, 5.41) is 13.3. The van der Waals surface area contributed by atoms with Crippen molar-refractivity contribution in [2.75, 3.05) is 13.2 Å². The van der Waals surface area contributed by atoms with Gasteiger partial charge in [-0.3, -0.25) is 0 Å². The quantitative estimate of drug-likeness (QED) is 0.365. The lowest BCUT2D eigenvalue weighted by Crippen LogP contribution is -2.29. The van der Waals surface area contributed by atoms with E-state index in [1.54, 1.807) is 25.1 Å². The van der Waals surface area contributed by atoms with Crippen LogP contribution in [0.4, 0.5) is 0 Å². The molecule has 1 aliphatic heterocycles. The van der Waals surface area contributed by atoms with Crippen molar-refractivity contribution in [1.82, 2.24) is 14.7 Å². The normalized spacial score (nSPS) is 14.2. The van der Waals surface area contributed by atoms with Crippen LogP contribution in [0.25, 0.3) is 22.2 Å². The number of rotatable bonds is 8. The van der Waals surface area contributed by atoms with Crippen molar-refractivity contribution < 1.29 is 16.8 Å². The fourth-order valence-corrected chi connectivity index (χ4v) is 6.31. The highest BCUT2D eigenvalue weighted by Crippen LogP contribution is 2.37. The van der Waals surface area contributed by atoms with Gasteiger partial charge in [0.2, 0.25) is 20.0 Å². The maximum absolute atomic E-state index is 13.0. The minimum Gasteiger partial charge on any atom is -0.341 e. The SMILES string of the molecule is CCCNS(=O)(=O)c1ccc(-c2cccc3[nH]c(CN)nc23)c(C2=NCN=N2)c1S(N)(=O)=O. The number of fused-ring (bicyclic) bond motifs is 1. The van der Waals surface area contributed by atoms with E-state index < -0.39 is 29.8 Å². The summed E-state index contributed by atoms with van der Waals surface area (Å²) < 4.78 is 53.9. The molecule has 0 saturated heterocycles. The zero-order valence-corrected chi connectivity index (χ0v) is 19.2. The van der Waals surface area contributed by atoms with Gasteiger partial charge in [-0.25, -0.2) is 36.7 Å². The molecule has 3 aromatic rings. The second kappa shape index (κ2) is 8.72. The number of amidine groups is 1. The molecular weight excluding hydrogens is 468 g/mol. The van der Waals surface area contributed by atoms with Gasteiger partial charge in [-0.1, -0.05) is 25.1 Å². The van der Waals surface area contributed by atoms with Crippen molar-refractivity contribution in [2.24, 2.45) is 26.1 Å². The predicted molar refractivity (Wildman–Crippen MR) is 123 cm³/mol. The van der Waals surface area contributed by atoms with Gasteiger partial charge in [0.05, 0.1) is 23.1 Å². The van der Waals surface area contributed by atoms with Gasteiger partial charge in [0.15, 0.2) is 12.5 Å². The number of azo groups is 1. The largest absolute Gasteiger partial charge is 0.341 e. The first kappa shape index (κ1) is 23.1. The Morgan fingerprint density at radius 3 is 2.55 bits per heavy atom. The fourth-order valence-electron chi connectivity index (χ4n) is 3.57. The van der Waals surface area contributed by atoms with Crippen LogP contribution in [0.3, 0.4) is 0 Å². The van der Waals surface area contributed by atoms with E-state index in [-0.39, 0.29) is 31.2 Å². The predicted octanol–water partition coefficient (Wildman–Crippen LogP) is 1.19. The highest BCUT2D eigenvalue weighted by Gasteiger charge is 2.33. The number of para-hydroxylation sites is 1. The van der Waals surface area contributed by atoms with Gasteiger partial charge in [-0.2, -0.15) is 5.11 Å². The van der Waals surface area contributed by atoms with Crippen LogP contribution in [0, 0.1) is 0 Å². The first-order valence-corrected chi connectivity index (χ1v) is 13.0. The highest BCUT2D eigenvalue weighted by molar-refractivity contribution is 7.92. The van der Waals surface area contributed by atoms with Gasteiger partial charge in [-0.05, 0) is 24.1 Å². The molecular formula is C19H22N8O4S2. The molecule has 12 nitrogen and oxygen atoms in total. The molecule has 0 atom stereocenters. The van der Waals surface area contributed by atoms with Gasteiger partial charge in [0, 0.05) is 12.1 Å². The fraction of sp³-hybridized carbons (Fsp3) is 0.263. The van der Waals surface area contributed by atoms with Crippen LogP contribution in [0.15, 0.2) is 55.3 Å². The Bertz CT molecular complexity index is 1510. The van der Waals surface area contributed by atoms with Crippen molar-refractivity contribution >= 4 is 36.9 Å². The van der Waals surface area contributed by atoms with Gasteiger partial charge in [0.25, 0.3) is 0 Å². The molecule has 0 bridgehead atoms. The van der Waals surface area contributed by atoms with Crippen LogP contribution in [-0.4, -0.2) is 45.9 Å². The van der Waals surface area contributed by atoms with E-state index in [9.17, 15) is 16.8 Å². The smallest absolute Gasteiger partial charge is 0.241 e. The summed E-state index contributed by atoms with van der Waals surface area (Å²) in [7, 11) is -8.75. The zero-order chi connectivity index (χ0) is 23.8. The van der Waals surface area contributed by atoms with Gasteiger partial charge in [0.1, 0.15) is 15.6 Å². The van der Waals surface area contributed by atoms with Gasteiger partial charge < -0.3 is 10.7 Å². The van der Waals surface area contributed by atoms with Crippen LogP contribution < -0.4 is 15.6 Å². The molecule has 1 aliphatic rings. The molecule has 1 aromatic heterocycles. The van der Waals surface area contributed by atoms with Crippen LogP contribution in [0.5, 0.6) is 0 Å². The zero-order valence-electron chi connectivity index (χ0n) is 17.6. The molecule has 0 saturated carbocycles. The van der Waals surface area contributed by atoms with Crippen LogP contribution in [0.2, 0.25) is 0 Å². The van der Waals surface area contributed by atoms with Crippen molar-refractivity contribution in [2.45, 2.75) is 29.7 Å². The molecule has 174 valence electrons. The molecule has 2 heterocycles. The van der Waals surface area contributed by atoms with Gasteiger partial charge in [-0.15, -0.1) is 5.11 Å². The Morgan fingerprint density at radius 1 is 1.12 bits per heavy atom. The average Bonchev–Trinajstić information content (AvgIpc) is 3.45. The Kier molecular flexibility index (Phi) is 6.11. The number of primary sulfonamides is 1. The van der Waals surface area contributed by atoms with Crippen LogP contribution in [0.1, 0.15) is 24.7 Å². The first-order valence-electron chi connectivity index (χ1n) is 9.97. The topological polar surface area (TPSA) is 198 Å². The van der Waals surface area contributed by atoms with Crippen molar-refractivity contribution in [1.29, 1.82) is 0 Å². The number of sulfonamides is 2. The Labute approximate surface area is 190 Å². The number of nitrogens with one attached hydrogen (secondary N) is 2. The summed E-state index contributed by atoms with van der Waals surface area (Å²) in [5.74, 6) is 0.500. The number of benzene rings is 2. The van der Waals surface area contributed by atoms with Gasteiger partial charge >= 0.3 is 0 Å². The summed E-state index contributed by atoms with van der Waals surface area (Å²) in [4.78, 5) is 10.6. The number of nitrogens with zero attached hydrogens (tertiary/aromatic N) is 4. The number of H-pyrrole nitrogens is 1. The van der Waals surface area contributed by atoms with E-state index in [0.29, 0.717) is 34.4 Å². The van der Waals surface area contributed by atoms with E-state index in [1.165, 1.54) is 12.1 Å². The molecule has 0 aliphatic carbocycles. The molecule has 14 heteroatoms. The number of nitrogens with two attached hydrogens (primary N) is 2. The Balaban J connectivity index is 2.11. The van der Waals surface area contributed by atoms with E-state index in [2.05, 4.69) is 29.9 Å². The standard InChI is InChI=1S/C19H22N8O4S2/c1-2-8-24-33(30,31)14-7-6-11(12-4-3-5-13-17(12)26-15(9-20)25-13)16(18(14)32(21,28)29)19-22-10-23-27-19/h3-7,24H,2,8-10,20H2,1H3,(H,25,26)(H2,21,28,29). The molecule has 6 N–H and O–H groups in total. The Morgan fingerprint density at radius 2 is 1.91 bits per heavy atom. The lowest BCUT2D eigenvalue weighted by atomic mass is 9.97. The number of aromatic amines is 1. The summed E-state index contributed by atoms with van der Waals surface area (Å²) in [6.45, 7) is 2.06. The molecule has 2 aromatic carbocycles. The molecule has 0 fully saturated rings. The van der Waals surface area contributed by atoms with E-state index >= 15 is 0 Å². The molecule has 33 heavy (non-hydrogen) atoms. The maximum Gasteiger partial charge on any atom is 0.241 e. The monoisotopic (exact) mass is 490 g/mol. The third kappa shape index (κ3) is 4.30. The minimum atomic E-state index is -4.54. The molecule has 0 unspecified atom stereocenters. The lowest BCUT2D eigenvalue weighted by molar-refractivity contribution is 0.572. The third-order valence-electron chi connectivity index (χ3n) is 4.96. The van der Waals surface area contributed by atoms with E-state index in [0.717, 1.165) is 0 Å². The number of hydrogen-bond acceptors (Lipinski definition) is 9. The molecule has 0 radical (unpaired) electrons. The summed E-state index contributed by atoms with van der Waals surface area (Å²) in [6, 6.07) is 7.98. The maximum atomic E-state index is 13.0. The second-order valence-electron chi connectivity index (χ2n) is 7.21. The Hall–Kier alpha value is -3.04. The summed E-state index contributed by atoms with van der Waals surface area (Å²) in [6.07, 6.45) is 0.514. The van der Waals surface area contributed by atoms with E-state index in [4.69, 9.17) is 10.9 Å². The number of aliphatic imine (C=N–C) groups is 1. The van der Waals surface area contributed by atoms with Crippen molar-refractivity contribution in [3.63, 3.8) is 0 Å². The summed E-state index contributed by atoms with van der Waals surface area (Å²) >= 11 is 0. The summed E-state index contributed by atoms with van der Waals surface area (Å²) in [5.41, 5.74) is 7.72. The minimum absolute atomic E-state index is 0.0200. The number of hydrogen-bond donors (Lipinski definition) is 4. The highest BCUT2D eigenvalue weighted by atomic mass is 32.2.